The van der Waals surface area contributed by atoms with Gasteiger partial charge in [0.1, 0.15) is 0 Å². The minimum atomic E-state index is -0.475. The van der Waals surface area contributed by atoms with Crippen LogP contribution in [0.5, 0.6) is 0 Å². The number of aliphatic hydroxyl groups is 1. The molecule has 1 fully saturated rings. The fourth-order valence-electron chi connectivity index (χ4n) is 2.81. The molecule has 0 bridgehead atoms. The van der Waals surface area contributed by atoms with E-state index in [1.807, 2.05) is 19.1 Å². The highest BCUT2D eigenvalue weighted by Gasteiger charge is 2.40. The largest absolute Gasteiger partial charge is 0.390 e. The van der Waals surface area contributed by atoms with Crippen molar-refractivity contribution in [3.63, 3.8) is 0 Å². The molecule has 1 saturated heterocycles. The standard InChI is InChI=1S/C16H24O3/c1-3-19-16(8-10-18-11-9-16)15(17)12-14-7-5-4-6-13(14)2/h4-7,15,17H,3,8-12H2,1-2H3. The monoisotopic (exact) mass is 264 g/mol. The molecule has 19 heavy (non-hydrogen) atoms. The highest BCUT2D eigenvalue weighted by molar-refractivity contribution is 5.26. The Morgan fingerprint density at radius 3 is 2.63 bits per heavy atom. The second kappa shape index (κ2) is 6.51. The summed E-state index contributed by atoms with van der Waals surface area (Å²) in [5.41, 5.74) is 1.98. The molecule has 1 aliphatic rings. The lowest BCUT2D eigenvalue weighted by Gasteiger charge is -2.40. The van der Waals surface area contributed by atoms with Gasteiger partial charge in [0.05, 0.1) is 11.7 Å². The Balaban J connectivity index is 2.11. The van der Waals surface area contributed by atoms with Crippen molar-refractivity contribution >= 4 is 0 Å². The van der Waals surface area contributed by atoms with Crippen LogP contribution in [0.1, 0.15) is 30.9 Å². The van der Waals surface area contributed by atoms with E-state index in [0.29, 0.717) is 26.2 Å². The molecular weight excluding hydrogens is 240 g/mol. The third-order valence-electron chi connectivity index (χ3n) is 4.05. The molecule has 1 aliphatic heterocycles. The van der Waals surface area contributed by atoms with Crippen molar-refractivity contribution < 1.29 is 14.6 Å². The normalized spacial score (nSPS) is 20.2. The average molecular weight is 264 g/mol. The van der Waals surface area contributed by atoms with Gasteiger partial charge in [-0.3, -0.25) is 0 Å². The number of hydrogen-bond donors (Lipinski definition) is 1. The van der Waals surface area contributed by atoms with Gasteiger partial charge in [-0.2, -0.15) is 0 Å². The van der Waals surface area contributed by atoms with Crippen LogP contribution in [0.3, 0.4) is 0 Å². The first-order valence-corrected chi connectivity index (χ1v) is 7.12. The Morgan fingerprint density at radius 1 is 1.32 bits per heavy atom. The Morgan fingerprint density at radius 2 is 2.00 bits per heavy atom. The molecule has 0 saturated carbocycles. The topological polar surface area (TPSA) is 38.7 Å². The lowest BCUT2D eigenvalue weighted by Crippen LogP contribution is -2.50. The van der Waals surface area contributed by atoms with E-state index in [2.05, 4.69) is 19.1 Å². The zero-order chi connectivity index (χ0) is 13.7. The van der Waals surface area contributed by atoms with Crippen LogP contribution in [0.15, 0.2) is 24.3 Å². The molecular formula is C16H24O3. The predicted molar refractivity (Wildman–Crippen MR) is 75.3 cm³/mol. The Bertz CT molecular complexity index is 391. The van der Waals surface area contributed by atoms with E-state index in [1.165, 1.54) is 11.1 Å². The maximum absolute atomic E-state index is 10.7. The van der Waals surface area contributed by atoms with Crippen molar-refractivity contribution in [2.45, 2.75) is 44.8 Å². The van der Waals surface area contributed by atoms with Crippen LogP contribution in [0.25, 0.3) is 0 Å². The highest BCUT2D eigenvalue weighted by atomic mass is 16.5. The second-order valence-corrected chi connectivity index (χ2v) is 5.26. The molecule has 0 aromatic heterocycles. The van der Waals surface area contributed by atoms with Crippen molar-refractivity contribution in [3.05, 3.63) is 35.4 Å². The van der Waals surface area contributed by atoms with Gasteiger partial charge in [-0.15, -0.1) is 0 Å². The summed E-state index contributed by atoms with van der Waals surface area (Å²) in [6, 6.07) is 8.21. The minimum Gasteiger partial charge on any atom is -0.390 e. The summed E-state index contributed by atoms with van der Waals surface area (Å²) < 4.78 is 11.3. The van der Waals surface area contributed by atoms with Crippen LogP contribution in [0.2, 0.25) is 0 Å². The molecule has 3 nitrogen and oxygen atoms in total. The lowest BCUT2D eigenvalue weighted by atomic mass is 9.84. The first-order valence-electron chi connectivity index (χ1n) is 7.12. The van der Waals surface area contributed by atoms with Gasteiger partial charge in [0.15, 0.2) is 0 Å². The number of aliphatic hydroxyl groups excluding tert-OH is 1. The van der Waals surface area contributed by atoms with Crippen LogP contribution < -0.4 is 0 Å². The zero-order valence-corrected chi connectivity index (χ0v) is 11.9. The predicted octanol–water partition coefficient (Wildman–Crippen LogP) is 2.48. The number of ether oxygens (including phenoxy) is 2. The van der Waals surface area contributed by atoms with E-state index < -0.39 is 11.7 Å². The molecule has 0 radical (unpaired) electrons. The first kappa shape index (κ1) is 14.5. The highest BCUT2D eigenvalue weighted by Crippen LogP contribution is 2.31. The average Bonchev–Trinajstić information content (AvgIpc) is 2.42. The van der Waals surface area contributed by atoms with Crippen LogP contribution >= 0.6 is 0 Å². The third kappa shape index (κ3) is 3.35. The lowest BCUT2D eigenvalue weighted by molar-refractivity contribution is -0.165. The molecule has 0 spiro atoms. The molecule has 0 aliphatic carbocycles. The Hall–Kier alpha value is -0.900. The smallest absolute Gasteiger partial charge is 0.0987 e. The summed E-state index contributed by atoms with van der Waals surface area (Å²) in [4.78, 5) is 0. The van der Waals surface area contributed by atoms with Crippen LogP contribution in [-0.2, 0) is 15.9 Å². The zero-order valence-electron chi connectivity index (χ0n) is 11.9. The van der Waals surface area contributed by atoms with Crippen LogP contribution in [0, 0.1) is 6.92 Å². The molecule has 2 rings (SSSR count). The van der Waals surface area contributed by atoms with E-state index in [4.69, 9.17) is 9.47 Å². The summed E-state index contributed by atoms with van der Waals surface area (Å²) in [6.45, 7) is 6.04. The molecule has 1 aromatic rings. The molecule has 1 unspecified atom stereocenters. The quantitative estimate of drug-likeness (QED) is 0.888. The van der Waals surface area contributed by atoms with Gasteiger partial charge in [0.25, 0.3) is 0 Å². The molecule has 1 heterocycles. The fraction of sp³-hybridized carbons (Fsp3) is 0.625. The van der Waals surface area contributed by atoms with E-state index >= 15 is 0 Å². The number of rotatable bonds is 5. The summed E-state index contributed by atoms with van der Waals surface area (Å²) in [5, 5.41) is 10.7. The van der Waals surface area contributed by atoms with Crippen molar-refractivity contribution in [1.29, 1.82) is 0 Å². The van der Waals surface area contributed by atoms with Gasteiger partial charge in [0, 0.05) is 39.1 Å². The molecule has 0 amide bonds. The molecule has 3 heteroatoms. The molecule has 106 valence electrons. The summed E-state index contributed by atoms with van der Waals surface area (Å²) >= 11 is 0. The first-order chi connectivity index (χ1) is 9.18. The fourth-order valence-corrected chi connectivity index (χ4v) is 2.81. The van der Waals surface area contributed by atoms with Crippen molar-refractivity contribution in [3.8, 4) is 0 Å². The summed E-state index contributed by atoms with van der Waals surface area (Å²) in [7, 11) is 0. The second-order valence-electron chi connectivity index (χ2n) is 5.26. The van der Waals surface area contributed by atoms with Crippen molar-refractivity contribution in [2.24, 2.45) is 0 Å². The summed E-state index contributed by atoms with van der Waals surface area (Å²) in [6.07, 6.45) is 1.71. The minimum absolute atomic E-state index is 0.435. The third-order valence-corrected chi connectivity index (χ3v) is 4.05. The Labute approximate surface area is 115 Å². The van der Waals surface area contributed by atoms with Gasteiger partial charge in [0.2, 0.25) is 0 Å². The number of benzene rings is 1. The van der Waals surface area contributed by atoms with Crippen molar-refractivity contribution in [1.82, 2.24) is 0 Å². The van der Waals surface area contributed by atoms with Gasteiger partial charge in [-0.1, -0.05) is 24.3 Å². The maximum Gasteiger partial charge on any atom is 0.0987 e. The number of aryl methyl sites for hydroxylation is 1. The van der Waals surface area contributed by atoms with Gasteiger partial charge >= 0.3 is 0 Å². The van der Waals surface area contributed by atoms with E-state index in [-0.39, 0.29) is 0 Å². The van der Waals surface area contributed by atoms with Crippen LogP contribution in [0.4, 0.5) is 0 Å². The molecule has 1 N–H and O–H groups in total. The molecule has 1 atom stereocenters. The Kier molecular flexibility index (Phi) is 4.97. The summed E-state index contributed by atoms with van der Waals surface area (Å²) in [5.74, 6) is 0. The van der Waals surface area contributed by atoms with E-state index in [0.717, 1.165) is 12.8 Å². The van der Waals surface area contributed by atoms with Gasteiger partial charge < -0.3 is 14.6 Å². The van der Waals surface area contributed by atoms with Gasteiger partial charge in [-0.05, 0) is 25.0 Å². The number of hydrogen-bond acceptors (Lipinski definition) is 3. The van der Waals surface area contributed by atoms with Crippen molar-refractivity contribution in [2.75, 3.05) is 19.8 Å². The van der Waals surface area contributed by atoms with Crippen LogP contribution in [-0.4, -0.2) is 36.6 Å². The molecule has 1 aromatic carbocycles. The van der Waals surface area contributed by atoms with E-state index in [1.54, 1.807) is 0 Å². The van der Waals surface area contributed by atoms with Gasteiger partial charge in [-0.25, -0.2) is 0 Å². The SMILES string of the molecule is CCOC1(C(O)Cc2ccccc2C)CCOCC1. The van der Waals surface area contributed by atoms with E-state index in [9.17, 15) is 5.11 Å². The maximum atomic E-state index is 10.7.